The summed E-state index contributed by atoms with van der Waals surface area (Å²) in [5, 5.41) is 12.1. The number of carboxylic acids is 1. The summed E-state index contributed by atoms with van der Waals surface area (Å²) in [6.45, 7) is 1.43. The number of anilines is 1. The van der Waals surface area contributed by atoms with Crippen LogP contribution >= 0.6 is 0 Å². The van der Waals surface area contributed by atoms with E-state index in [0.717, 1.165) is 11.3 Å². The van der Waals surface area contributed by atoms with Crippen molar-refractivity contribution in [3.05, 3.63) is 65.7 Å². The summed E-state index contributed by atoms with van der Waals surface area (Å²) in [6, 6.07) is 16.1. The first kappa shape index (κ1) is 19.7. The van der Waals surface area contributed by atoms with Gasteiger partial charge in [-0.1, -0.05) is 36.4 Å². The van der Waals surface area contributed by atoms with Gasteiger partial charge in [0.1, 0.15) is 6.61 Å². The molecule has 1 aliphatic heterocycles. The zero-order valence-corrected chi connectivity index (χ0v) is 15.7. The topological polar surface area (TPSA) is 88.1 Å². The number of carboxylic acid groups (broad SMARTS) is 1. The average molecular weight is 384 g/mol. The van der Waals surface area contributed by atoms with Crippen molar-refractivity contribution >= 4 is 17.7 Å². The Hall–Kier alpha value is -3.06. The van der Waals surface area contributed by atoms with Gasteiger partial charge in [0.05, 0.1) is 17.7 Å². The highest BCUT2D eigenvalue weighted by atomic mass is 16.5. The minimum Gasteiger partial charge on any atom is -0.478 e. The molecule has 0 spiro atoms. The summed E-state index contributed by atoms with van der Waals surface area (Å²) < 4.78 is 10.9. The number of hydrogen-bond acceptors (Lipinski definition) is 5. The van der Waals surface area contributed by atoms with Gasteiger partial charge in [-0.3, -0.25) is 0 Å². The van der Waals surface area contributed by atoms with Crippen LogP contribution in [0.5, 0.6) is 0 Å². The predicted octanol–water partition coefficient (Wildman–Crippen LogP) is 2.90. The van der Waals surface area contributed by atoms with Crippen LogP contribution in [0.3, 0.4) is 0 Å². The van der Waals surface area contributed by atoms with Crippen LogP contribution in [0.1, 0.15) is 22.3 Å². The van der Waals surface area contributed by atoms with Gasteiger partial charge in [-0.25, -0.2) is 9.59 Å². The van der Waals surface area contributed by atoms with Crippen molar-refractivity contribution in [2.45, 2.75) is 25.2 Å². The molecule has 0 bridgehead atoms. The number of nitrogens with zero attached hydrogens (tertiary/aromatic N) is 1. The first-order chi connectivity index (χ1) is 13.6. The standard InChI is InChI=1S/C21H24N2O5/c1-27-19-13-23(17-9-5-8-16(12-17)20(24)25)11-10-18(19)22-21(26)28-14-15-6-3-2-4-7-15/h2-9,12,18-19H,10-11,13-14H2,1H3,(H,22,26)(H,24,25)/t18-,19+/m0/s1. The number of rotatable bonds is 6. The largest absolute Gasteiger partial charge is 0.478 e. The third-order valence-corrected chi connectivity index (χ3v) is 4.84. The van der Waals surface area contributed by atoms with Crippen LogP contribution < -0.4 is 10.2 Å². The summed E-state index contributed by atoms with van der Waals surface area (Å²) in [4.78, 5) is 25.4. The number of nitrogens with one attached hydrogen (secondary N) is 1. The van der Waals surface area contributed by atoms with Gasteiger partial charge in [0.25, 0.3) is 0 Å². The summed E-state index contributed by atoms with van der Waals surface area (Å²) >= 11 is 0. The Labute approximate surface area is 163 Å². The Morgan fingerprint density at radius 1 is 1.18 bits per heavy atom. The summed E-state index contributed by atoms with van der Waals surface area (Å²) in [5.74, 6) is -0.956. The minimum atomic E-state index is -0.956. The normalized spacial score (nSPS) is 19.1. The third-order valence-electron chi connectivity index (χ3n) is 4.84. The van der Waals surface area contributed by atoms with Crippen LogP contribution in [0.25, 0.3) is 0 Å². The molecule has 148 valence electrons. The highest BCUT2D eigenvalue weighted by Crippen LogP contribution is 2.23. The van der Waals surface area contributed by atoms with E-state index in [1.54, 1.807) is 25.3 Å². The highest BCUT2D eigenvalue weighted by molar-refractivity contribution is 5.88. The molecule has 1 fully saturated rings. The molecule has 0 saturated carbocycles. The fourth-order valence-electron chi connectivity index (χ4n) is 3.31. The van der Waals surface area contributed by atoms with Crippen molar-refractivity contribution in [2.24, 2.45) is 0 Å². The maximum Gasteiger partial charge on any atom is 0.407 e. The Balaban J connectivity index is 1.56. The third kappa shape index (κ3) is 5.01. The van der Waals surface area contributed by atoms with Crippen molar-refractivity contribution in [1.29, 1.82) is 0 Å². The van der Waals surface area contributed by atoms with Gasteiger partial charge in [-0.05, 0) is 30.2 Å². The zero-order chi connectivity index (χ0) is 19.9. The fourth-order valence-corrected chi connectivity index (χ4v) is 3.31. The first-order valence-electron chi connectivity index (χ1n) is 9.15. The van der Waals surface area contributed by atoms with E-state index < -0.39 is 12.1 Å². The lowest BCUT2D eigenvalue weighted by molar-refractivity contribution is 0.0546. The monoisotopic (exact) mass is 384 g/mol. The summed E-state index contributed by atoms with van der Waals surface area (Å²) in [6.07, 6.45) is -0.0419. The molecule has 2 aromatic rings. The quantitative estimate of drug-likeness (QED) is 0.796. The van der Waals surface area contributed by atoms with Gasteiger partial charge >= 0.3 is 12.1 Å². The highest BCUT2D eigenvalue weighted by Gasteiger charge is 2.31. The number of benzene rings is 2. The molecule has 2 atom stereocenters. The molecule has 7 nitrogen and oxygen atoms in total. The number of aromatic carboxylic acids is 1. The van der Waals surface area contributed by atoms with Gasteiger partial charge in [0.2, 0.25) is 0 Å². The van der Waals surface area contributed by atoms with Crippen LogP contribution in [-0.2, 0) is 16.1 Å². The zero-order valence-electron chi connectivity index (χ0n) is 15.7. The minimum absolute atomic E-state index is 0.174. The smallest absolute Gasteiger partial charge is 0.407 e. The molecule has 0 unspecified atom stereocenters. The second-order valence-electron chi connectivity index (χ2n) is 6.68. The molecule has 3 rings (SSSR count). The molecule has 2 N–H and O–H groups in total. The SMILES string of the molecule is CO[C@@H]1CN(c2cccc(C(=O)O)c2)CC[C@@H]1NC(=O)OCc1ccccc1. The number of hydrogen-bond donors (Lipinski definition) is 2. The average Bonchev–Trinajstić information content (AvgIpc) is 2.73. The number of alkyl carbamates (subject to hydrolysis) is 1. The lowest BCUT2D eigenvalue weighted by atomic mass is 10.0. The molecule has 1 amide bonds. The number of carbonyl (C=O) groups excluding carboxylic acids is 1. The van der Waals surface area contributed by atoms with Crippen molar-refractivity contribution < 1.29 is 24.2 Å². The van der Waals surface area contributed by atoms with Crippen molar-refractivity contribution in [1.82, 2.24) is 5.32 Å². The molecule has 0 radical (unpaired) electrons. The molecular weight excluding hydrogens is 360 g/mol. The second-order valence-corrected chi connectivity index (χ2v) is 6.68. The van der Waals surface area contributed by atoms with Gasteiger partial charge in [-0.2, -0.15) is 0 Å². The van der Waals surface area contributed by atoms with E-state index in [1.165, 1.54) is 0 Å². The van der Waals surface area contributed by atoms with Crippen LogP contribution in [0.2, 0.25) is 0 Å². The summed E-state index contributed by atoms with van der Waals surface area (Å²) in [7, 11) is 1.60. The van der Waals surface area contributed by atoms with E-state index in [2.05, 4.69) is 10.2 Å². The molecular formula is C21H24N2O5. The number of ether oxygens (including phenoxy) is 2. The van der Waals surface area contributed by atoms with Crippen LogP contribution in [-0.4, -0.2) is 49.5 Å². The lowest BCUT2D eigenvalue weighted by Crippen LogP contribution is -2.55. The Morgan fingerprint density at radius 3 is 2.68 bits per heavy atom. The number of carbonyl (C=O) groups is 2. The van der Waals surface area contributed by atoms with Crippen LogP contribution in [0.4, 0.5) is 10.5 Å². The van der Waals surface area contributed by atoms with Gasteiger partial charge < -0.3 is 24.8 Å². The lowest BCUT2D eigenvalue weighted by Gasteiger charge is -2.39. The van der Waals surface area contributed by atoms with E-state index in [1.807, 2.05) is 36.4 Å². The molecule has 7 heteroatoms. The molecule has 1 heterocycles. The van der Waals surface area contributed by atoms with Crippen LogP contribution in [0, 0.1) is 0 Å². The van der Waals surface area contributed by atoms with Crippen molar-refractivity contribution in [3.63, 3.8) is 0 Å². The van der Waals surface area contributed by atoms with E-state index in [4.69, 9.17) is 9.47 Å². The van der Waals surface area contributed by atoms with Gasteiger partial charge in [0, 0.05) is 25.9 Å². The number of amides is 1. The maximum atomic E-state index is 12.1. The second kappa shape index (κ2) is 9.23. The number of methoxy groups -OCH3 is 1. The fraction of sp³-hybridized carbons (Fsp3) is 0.333. The summed E-state index contributed by atoms with van der Waals surface area (Å²) in [5.41, 5.74) is 2.00. The van der Waals surface area contributed by atoms with E-state index in [9.17, 15) is 14.7 Å². The molecule has 28 heavy (non-hydrogen) atoms. The molecule has 0 aromatic heterocycles. The molecule has 1 saturated heterocycles. The first-order valence-corrected chi connectivity index (χ1v) is 9.15. The van der Waals surface area contributed by atoms with E-state index in [-0.39, 0.29) is 24.3 Å². The van der Waals surface area contributed by atoms with E-state index in [0.29, 0.717) is 19.5 Å². The maximum absolute atomic E-state index is 12.1. The van der Waals surface area contributed by atoms with Gasteiger partial charge in [0.15, 0.2) is 0 Å². The van der Waals surface area contributed by atoms with Crippen molar-refractivity contribution in [3.8, 4) is 0 Å². The Kier molecular flexibility index (Phi) is 6.49. The van der Waals surface area contributed by atoms with Gasteiger partial charge in [-0.15, -0.1) is 0 Å². The Morgan fingerprint density at radius 2 is 1.96 bits per heavy atom. The molecule has 2 aromatic carbocycles. The molecule has 1 aliphatic rings. The number of piperidine rings is 1. The predicted molar refractivity (Wildman–Crippen MR) is 105 cm³/mol. The van der Waals surface area contributed by atoms with E-state index >= 15 is 0 Å². The Bertz CT molecular complexity index is 811. The van der Waals surface area contributed by atoms with Crippen LogP contribution in [0.15, 0.2) is 54.6 Å². The molecule has 0 aliphatic carbocycles. The van der Waals surface area contributed by atoms with Crippen molar-refractivity contribution in [2.75, 3.05) is 25.1 Å².